The van der Waals surface area contributed by atoms with Gasteiger partial charge in [0.1, 0.15) is 5.52 Å². The molecule has 0 amide bonds. The van der Waals surface area contributed by atoms with Crippen LogP contribution in [-0.2, 0) is 6.18 Å². The summed E-state index contributed by atoms with van der Waals surface area (Å²) in [7, 11) is 0. The fourth-order valence-corrected chi connectivity index (χ4v) is 1.19. The molecule has 2 rings (SSSR count). The fourth-order valence-electron chi connectivity index (χ4n) is 1.02. The van der Waals surface area contributed by atoms with Crippen LogP contribution >= 0.6 is 11.6 Å². The third-order valence-corrected chi connectivity index (χ3v) is 1.83. The average Bonchev–Trinajstić information content (AvgIpc) is 2.45. The maximum atomic E-state index is 12.1. The van der Waals surface area contributed by atoms with E-state index in [1.54, 1.807) is 0 Å². The van der Waals surface area contributed by atoms with Crippen LogP contribution in [0.2, 0.25) is 5.02 Å². The van der Waals surface area contributed by atoms with Crippen LogP contribution in [0.15, 0.2) is 22.6 Å². The van der Waals surface area contributed by atoms with Gasteiger partial charge in [0.05, 0.1) is 0 Å². The van der Waals surface area contributed by atoms with Gasteiger partial charge in [-0.05, 0) is 18.2 Å². The summed E-state index contributed by atoms with van der Waals surface area (Å²) in [5.74, 6) is -1.25. The van der Waals surface area contributed by atoms with Gasteiger partial charge in [0.15, 0.2) is 5.58 Å². The number of oxazole rings is 1. The number of fused-ring (bicyclic) bond motifs is 1. The van der Waals surface area contributed by atoms with Gasteiger partial charge >= 0.3 is 12.1 Å². The maximum absolute atomic E-state index is 12.1. The van der Waals surface area contributed by atoms with E-state index in [2.05, 4.69) is 9.40 Å². The van der Waals surface area contributed by atoms with Crippen molar-refractivity contribution in [3.63, 3.8) is 0 Å². The first-order valence-electron chi connectivity index (χ1n) is 3.60. The van der Waals surface area contributed by atoms with E-state index < -0.39 is 12.1 Å². The summed E-state index contributed by atoms with van der Waals surface area (Å²) >= 11 is 5.58. The van der Waals surface area contributed by atoms with Crippen LogP contribution in [0.4, 0.5) is 13.2 Å². The predicted molar refractivity (Wildman–Crippen MR) is 44.0 cm³/mol. The van der Waals surface area contributed by atoms with Gasteiger partial charge < -0.3 is 4.42 Å². The van der Waals surface area contributed by atoms with Crippen LogP contribution in [-0.4, -0.2) is 4.98 Å². The molecular weight excluding hydrogens is 219 g/mol. The largest absolute Gasteiger partial charge is 0.468 e. The van der Waals surface area contributed by atoms with Crippen molar-refractivity contribution in [2.24, 2.45) is 0 Å². The van der Waals surface area contributed by atoms with Gasteiger partial charge in [0.25, 0.3) is 0 Å². The Morgan fingerprint density at radius 2 is 2.00 bits per heavy atom. The van der Waals surface area contributed by atoms with Crippen LogP contribution in [0.1, 0.15) is 5.89 Å². The highest BCUT2D eigenvalue weighted by Crippen LogP contribution is 2.31. The molecule has 0 aliphatic rings. The smallest absolute Gasteiger partial charge is 0.433 e. The number of hydrogen-bond donors (Lipinski definition) is 0. The summed E-state index contributed by atoms with van der Waals surface area (Å²) in [5.41, 5.74) is 0.173. The molecule has 0 bridgehead atoms. The molecule has 0 aliphatic carbocycles. The van der Waals surface area contributed by atoms with Crippen molar-refractivity contribution < 1.29 is 17.6 Å². The zero-order valence-electron chi connectivity index (χ0n) is 6.60. The summed E-state index contributed by atoms with van der Waals surface area (Å²) in [6.45, 7) is 0. The van der Waals surface area contributed by atoms with Crippen LogP contribution in [0, 0.1) is 0 Å². The Labute approximate surface area is 81.3 Å². The highest BCUT2D eigenvalue weighted by atomic mass is 35.5. The van der Waals surface area contributed by atoms with Crippen molar-refractivity contribution in [3.05, 3.63) is 29.1 Å². The molecule has 0 saturated heterocycles. The van der Waals surface area contributed by atoms with Gasteiger partial charge in [-0.15, -0.1) is 0 Å². The van der Waals surface area contributed by atoms with E-state index in [0.717, 1.165) is 0 Å². The van der Waals surface area contributed by atoms with Crippen molar-refractivity contribution in [3.8, 4) is 0 Å². The third kappa shape index (κ3) is 1.55. The molecular formula is C8H3ClF3NO. The van der Waals surface area contributed by atoms with E-state index >= 15 is 0 Å². The topological polar surface area (TPSA) is 26.0 Å². The second-order valence-corrected chi connectivity index (χ2v) is 3.07. The van der Waals surface area contributed by atoms with Crippen LogP contribution in [0.25, 0.3) is 11.1 Å². The Kier molecular flexibility index (Phi) is 1.92. The van der Waals surface area contributed by atoms with Crippen LogP contribution < -0.4 is 0 Å². The first kappa shape index (κ1) is 9.33. The second-order valence-electron chi connectivity index (χ2n) is 2.63. The van der Waals surface area contributed by atoms with Crippen LogP contribution in [0.5, 0.6) is 0 Å². The predicted octanol–water partition coefficient (Wildman–Crippen LogP) is 3.50. The average molecular weight is 222 g/mol. The van der Waals surface area contributed by atoms with E-state index in [0.29, 0.717) is 5.02 Å². The lowest BCUT2D eigenvalue weighted by atomic mass is 10.3. The van der Waals surface area contributed by atoms with Gasteiger partial charge in [-0.2, -0.15) is 13.2 Å². The third-order valence-electron chi connectivity index (χ3n) is 1.59. The molecule has 1 heterocycles. The lowest BCUT2D eigenvalue weighted by Crippen LogP contribution is -2.04. The maximum Gasteiger partial charge on any atom is 0.468 e. The van der Waals surface area contributed by atoms with Crippen molar-refractivity contribution in [2.45, 2.75) is 6.18 Å². The lowest BCUT2D eigenvalue weighted by molar-refractivity contribution is -0.156. The van der Waals surface area contributed by atoms with E-state index in [1.807, 2.05) is 0 Å². The first-order chi connectivity index (χ1) is 6.47. The van der Waals surface area contributed by atoms with Crippen molar-refractivity contribution in [1.82, 2.24) is 4.98 Å². The SMILES string of the molecule is FC(F)(F)c1nc2cc(Cl)ccc2o1. The van der Waals surface area contributed by atoms with Gasteiger partial charge in [-0.1, -0.05) is 11.6 Å². The molecule has 0 unspecified atom stereocenters. The summed E-state index contributed by atoms with van der Waals surface area (Å²) in [4.78, 5) is 3.27. The minimum absolute atomic E-state index is 0.0710. The zero-order chi connectivity index (χ0) is 10.3. The fraction of sp³-hybridized carbons (Fsp3) is 0.125. The Morgan fingerprint density at radius 3 is 2.64 bits per heavy atom. The Balaban J connectivity index is 2.63. The Hall–Kier alpha value is -1.23. The van der Waals surface area contributed by atoms with Gasteiger partial charge in [-0.3, -0.25) is 0 Å². The standard InChI is InChI=1S/C8H3ClF3NO/c9-4-1-2-6-5(3-4)13-7(14-6)8(10,11)12/h1-3H. The monoisotopic (exact) mass is 221 g/mol. The summed E-state index contributed by atoms with van der Waals surface area (Å²) in [6, 6.07) is 4.10. The summed E-state index contributed by atoms with van der Waals surface area (Å²) in [5, 5.41) is 0.319. The number of rotatable bonds is 0. The number of benzene rings is 1. The molecule has 1 aromatic carbocycles. The Bertz CT molecular complexity index is 477. The number of nitrogens with zero attached hydrogens (tertiary/aromatic N) is 1. The van der Waals surface area contributed by atoms with Crippen LogP contribution in [0.3, 0.4) is 0 Å². The molecule has 0 radical (unpaired) electrons. The molecule has 6 heteroatoms. The minimum Gasteiger partial charge on any atom is -0.433 e. The molecule has 14 heavy (non-hydrogen) atoms. The van der Waals surface area contributed by atoms with Gasteiger partial charge in [-0.25, -0.2) is 4.98 Å². The number of aromatic nitrogens is 1. The van der Waals surface area contributed by atoms with E-state index in [4.69, 9.17) is 11.6 Å². The molecule has 0 saturated carbocycles. The zero-order valence-corrected chi connectivity index (χ0v) is 7.36. The van der Waals surface area contributed by atoms with Crippen molar-refractivity contribution in [2.75, 3.05) is 0 Å². The van der Waals surface area contributed by atoms with Gasteiger partial charge in [0.2, 0.25) is 0 Å². The number of alkyl halides is 3. The molecule has 74 valence electrons. The molecule has 0 fully saturated rings. The highest BCUT2D eigenvalue weighted by Gasteiger charge is 2.37. The molecule has 2 aromatic rings. The molecule has 0 spiro atoms. The van der Waals surface area contributed by atoms with Crippen molar-refractivity contribution >= 4 is 22.7 Å². The number of halogens is 4. The first-order valence-corrected chi connectivity index (χ1v) is 3.98. The normalized spacial score (nSPS) is 12.3. The van der Waals surface area contributed by atoms with Gasteiger partial charge in [0, 0.05) is 5.02 Å². The lowest BCUT2D eigenvalue weighted by Gasteiger charge is -1.96. The molecule has 0 atom stereocenters. The van der Waals surface area contributed by atoms with E-state index in [1.165, 1.54) is 18.2 Å². The molecule has 0 N–H and O–H groups in total. The van der Waals surface area contributed by atoms with Crippen molar-refractivity contribution in [1.29, 1.82) is 0 Å². The Morgan fingerprint density at radius 1 is 1.29 bits per heavy atom. The van der Waals surface area contributed by atoms with E-state index in [9.17, 15) is 13.2 Å². The summed E-state index contributed by atoms with van der Waals surface area (Å²) in [6.07, 6.45) is -4.56. The number of hydrogen-bond acceptors (Lipinski definition) is 2. The summed E-state index contributed by atoms with van der Waals surface area (Å²) < 4.78 is 40.9. The van der Waals surface area contributed by atoms with E-state index in [-0.39, 0.29) is 11.1 Å². The highest BCUT2D eigenvalue weighted by molar-refractivity contribution is 6.31. The molecule has 1 aromatic heterocycles. The quantitative estimate of drug-likeness (QED) is 0.681. The molecule has 2 nitrogen and oxygen atoms in total. The molecule has 0 aliphatic heterocycles. The minimum atomic E-state index is -4.56. The second kappa shape index (κ2) is 2.88.